The van der Waals surface area contributed by atoms with Gasteiger partial charge in [0.15, 0.2) is 5.13 Å². The van der Waals surface area contributed by atoms with Crippen LogP contribution in [0.2, 0.25) is 0 Å². The quantitative estimate of drug-likeness (QED) is 0.716. The van der Waals surface area contributed by atoms with Crippen LogP contribution >= 0.6 is 11.3 Å². The Morgan fingerprint density at radius 1 is 1.40 bits per heavy atom. The molecule has 0 saturated carbocycles. The van der Waals surface area contributed by atoms with Crippen LogP contribution in [0.3, 0.4) is 0 Å². The average Bonchev–Trinajstić information content (AvgIpc) is 2.88. The van der Waals surface area contributed by atoms with E-state index in [4.69, 9.17) is 0 Å². The van der Waals surface area contributed by atoms with Crippen LogP contribution in [0.25, 0.3) is 0 Å². The van der Waals surface area contributed by atoms with Crippen molar-refractivity contribution < 1.29 is 9.59 Å². The summed E-state index contributed by atoms with van der Waals surface area (Å²) in [5.41, 5.74) is 0. The molecular formula is C9H11N3O2S. The zero-order valence-corrected chi connectivity index (χ0v) is 8.92. The standard InChI is InChI=1S/C9H11N3O2S/c13-7(11-9-10-3-6-15-9)8(14)12-4-1-2-5-12/h3,6H,1-2,4-5H2,(H,10,11,13). The van der Waals surface area contributed by atoms with Gasteiger partial charge >= 0.3 is 11.8 Å². The number of nitrogens with zero attached hydrogens (tertiary/aromatic N) is 2. The smallest absolute Gasteiger partial charge is 0.315 e. The van der Waals surface area contributed by atoms with Gasteiger partial charge in [-0.25, -0.2) is 4.98 Å². The van der Waals surface area contributed by atoms with Gasteiger partial charge in [0, 0.05) is 24.7 Å². The summed E-state index contributed by atoms with van der Waals surface area (Å²) < 4.78 is 0. The second-order valence-electron chi connectivity index (χ2n) is 3.29. The Hall–Kier alpha value is -1.43. The molecule has 2 heterocycles. The lowest BCUT2D eigenvalue weighted by Gasteiger charge is -2.13. The molecular weight excluding hydrogens is 214 g/mol. The third-order valence-electron chi connectivity index (χ3n) is 2.24. The van der Waals surface area contributed by atoms with Crippen molar-refractivity contribution in [3.8, 4) is 0 Å². The first kappa shape index (κ1) is 10.1. The lowest BCUT2D eigenvalue weighted by molar-refractivity contribution is -0.142. The second-order valence-corrected chi connectivity index (χ2v) is 4.19. The average molecular weight is 225 g/mol. The van der Waals surface area contributed by atoms with E-state index in [1.165, 1.54) is 11.3 Å². The van der Waals surface area contributed by atoms with E-state index in [9.17, 15) is 9.59 Å². The maximum atomic E-state index is 11.6. The number of amides is 2. The molecule has 0 spiro atoms. The van der Waals surface area contributed by atoms with Crippen molar-refractivity contribution in [3.05, 3.63) is 11.6 Å². The highest BCUT2D eigenvalue weighted by Crippen LogP contribution is 2.12. The molecule has 0 unspecified atom stereocenters. The summed E-state index contributed by atoms with van der Waals surface area (Å²) >= 11 is 1.30. The molecule has 2 rings (SSSR count). The van der Waals surface area contributed by atoms with Crippen molar-refractivity contribution in [2.45, 2.75) is 12.8 Å². The van der Waals surface area contributed by atoms with Gasteiger partial charge in [0.05, 0.1) is 0 Å². The molecule has 0 aliphatic carbocycles. The Morgan fingerprint density at radius 2 is 2.13 bits per heavy atom. The molecule has 15 heavy (non-hydrogen) atoms. The first-order valence-electron chi connectivity index (χ1n) is 4.77. The minimum absolute atomic E-state index is 0.456. The highest BCUT2D eigenvalue weighted by Gasteiger charge is 2.24. The number of hydrogen-bond donors (Lipinski definition) is 1. The van der Waals surface area contributed by atoms with Crippen molar-refractivity contribution in [2.75, 3.05) is 18.4 Å². The molecule has 0 aromatic carbocycles. The summed E-state index contributed by atoms with van der Waals surface area (Å²) in [6, 6.07) is 0. The van der Waals surface area contributed by atoms with Gasteiger partial charge in [-0.15, -0.1) is 11.3 Å². The molecule has 6 heteroatoms. The number of likely N-dealkylation sites (tertiary alicyclic amines) is 1. The van der Waals surface area contributed by atoms with Crippen LogP contribution in [0.4, 0.5) is 5.13 Å². The number of hydrogen-bond acceptors (Lipinski definition) is 4. The molecule has 1 aliphatic heterocycles. The number of aromatic nitrogens is 1. The van der Waals surface area contributed by atoms with Crippen molar-refractivity contribution in [1.29, 1.82) is 0 Å². The van der Waals surface area contributed by atoms with Gasteiger partial charge in [-0.2, -0.15) is 0 Å². The van der Waals surface area contributed by atoms with Gasteiger partial charge in [-0.3, -0.25) is 14.9 Å². The third kappa shape index (κ3) is 2.33. The van der Waals surface area contributed by atoms with Gasteiger partial charge < -0.3 is 4.90 Å². The highest BCUT2D eigenvalue weighted by molar-refractivity contribution is 7.13. The van der Waals surface area contributed by atoms with Crippen molar-refractivity contribution >= 4 is 28.3 Å². The minimum atomic E-state index is -0.591. The SMILES string of the molecule is O=C(Nc1nccs1)C(=O)N1CCCC1. The minimum Gasteiger partial charge on any atom is -0.334 e. The monoisotopic (exact) mass is 225 g/mol. The van der Waals surface area contributed by atoms with E-state index in [0.717, 1.165) is 12.8 Å². The third-order valence-corrected chi connectivity index (χ3v) is 2.93. The van der Waals surface area contributed by atoms with E-state index in [1.807, 2.05) is 0 Å². The van der Waals surface area contributed by atoms with Gasteiger partial charge in [0.1, 0.15) is 0 Å². The normalized spacial score (nSPS) is 15.3. The molecule has 0 radical (unpaired) electrons. The van der Waals surface area contributed by atoms with Crippen LogP contribution in [0.15, 0.2) is 11.6 Å². The van der Waals surface area contributed by atoms with Crippen LogP contribution in [0, 0.1) is 0 Å². The molecule has 1 aromatic rings. The summed E-state index contributed by atoms with van der Waals surface area (Å²) in [6.45, 7) is 1.37. The largest absolute Gasteiger partial charge is 0.334 e. The predicted octanol–water partition coefficient (Wildman–Crippen LogP) is 0.704. The summed E-state index contributed by atoms with van der Waals surface area (Å²) in [6.07, 6.45) is 3.55. The topological polar surface area (TPSA) is 62.3 Å². The zero-order chi connectivity index (χ0) is 10.7. The second kappa shape index (κ2) is 4.39. The highest BCUT2D eigenvalue weighted by atomic mass is 32.1. The van der Waals surface area contributed by atoms with E-state index < -0.39 is 11.8 Å². The number of nitrogens with one attached hydrogen (secondary N) is 1. The molecule has 2 amide bonds. The van der Waals surface area contributed by atoms with Gasteiger partial charge in [-0.1, -0.05) is 0 Å². The molecule has 80 valence electrons. The Labute approximate surface area is 91.1 Å². The molecule has 1 fully saturated rings. The number of rotatable bonds is 1. The first-order valence-corrected chi connectivity index (χ1v) is 5.65. The lowest BCUT2D eigenvalue weighted by atomic mass is 10.4. The van der Waals surface area contributed by atoms with Crippen LogP contribution < -0.4 is 5.32 Å². The van der Waals surface area contributed by atoms with Gasteiger partial charge in [0.2, 0.25) is 0 Å². The molecule has 1 saturated heterocycles. The van der Waals surface area contributed by atoms with E-state index in [-0.39, 0.29) is 0 Å². The maximum Gasteiger partial charge on any atom is 0.315 e. The van der Waals surface area contributed by atoms with Gasteiger partial charge in [-0.05, 0) is 12.8 Å². The van der Waals surface area contributed by atoms with E-state index >= 15 is 0 Å². The number of carbonyl (C=O) groups is 2. The number of carbonyl (C=O) groups excluding carboxylic acids is 2. The fraction of sp³-hybridized carbons (Fsp3) is 0.444. The summed E-state index contributed by atoms with van der Waals surface area (Å²) in [7, 11) is 0. The zero-order valence-electron chi connectivity index (χ0n) is 8.10. The van der Waals surface area contributed by atoms with Crippen LogP contribution in [-0.2, 0) is 9.59 Å². The Morgan fingerprint density at radius 3 is 2.73 bits per heavy atom. The Balaban J connectivity index is 1.93. The summed E-state index contributed by atoms with van der Waals surface area (Å²) in [5, 5.41) is 4.69. The van der Waals surface area contributed by atoms with Crippen molar-refractivity contribution in [2.24, 2.45) is 0 Å². The van der Waals surface area contributed by atoms with Crippen molar-refractivity contribution in [1.82, 2.24) is 9.88 Å². The molecule has 0 bridgehead atoms. The lowest BCUT2D eigenvalue weighted by Crippen LogP contribution is -2.37. The first-order chi connectivity index (χ1) is 7.27. The molecule has 0 atom stereocenters. The fourth-order valence-corrected chi connectivity index (χ4v) is 2.02. The van der Waals surface area contributed by atoms with E-state index in [1.54, 1.807) is 16.5 Å². The van der Waals surface area contributed by atoms with Crippen LogP contribution in [0.5, 0.6) is 0 Å². The molecule has 1 aromatic heterocycles. The fourth-order valence-electron chi connectivity index (χ4n) is 1.50. The summed E-state index contributed by atoms with van der Waals surface area (Å²) in [4.78, 5) is 28.5. The Bertz CT molecular complexity index is 357. The predicted molar refractivity (Wildman–Crippen MR) is 56.6 cm³/mol. The van der Waals surface area contributed by atoms with Crippen molar-refractivity contribution in [3.63, 3.8) is 0 Å². The Kier molecular flexibility index (Phi) is 2.96. The summed E-state index contributed by atoms with van der Waals surface area (Å²) in [5.74, 6) is -1.05. The number of thiazole rings is 1. The van der Waals surface area contributed by atoms with Crippen LogP contribution in [0.1, 0.15) is 12.8 Å². The van der Waals surface area contributed by atoms with Crippen LogP contribution in [-0.4, -0.2) is 34.8 Å². The van der Waals surface area contributed by atoms with E-state index in [0.29, 0.717) is 18.2 Å². The molecule has 1 aliphatic rings. The molecule has 5 nitrogen and oxygen atoms in total. The van der Waals surface area contributed by atoms with Gasteiger partial charge in [0.25, 0.3) is 0 Å². The van der Waals surface area contributed by atoms with E-state index in [2.05, 4.69) is 10.3 Å². The maximum absolute atomic E-state index is 11.6. The molecule has 1 N–H and O–H groups in total. The number of anilines is 1.